The first-order valence-corrected chi connectivity index (χ1v) is 5.84. The second-order valence-corrected chi connectivity index (χ2v) is 4.32. The number of hydrogen-bond donors (Lipinski definition) is 2. The summed E-state index contributed by atoms with van der Waals surface area (Å²) in [6.07, 6.45) is -2.79. The molecule has 11 nitrogen and oxygen atoms in total. The number of nitrogens with zero attached hydrogens (tertiary/aromatic N) is 5. The number of azide groups is 1. The molecule has 1 fully saturated rings. The summed E-state index contributed by atoms with van der Waals surface area (Å²) < 4.78 is 6.10. The molecule has 1 aliphatic rings. The van der Waals surface area contributed by atoms with Gasteiger partial charge in [-0.1, -0.05) is 5.11 Å². The third kappa shape index (κ3) is 2.71. The minimum atomic E-state index is -1.42. The maximum Gasteiger partial charge on any atom is 0.285 e. The quantitative estimate of drug-likeness (QED) is 0.254. The zero-order valence-corrected chi connectivity index (χ0v) is 10.5. The Labute approximate surface area is 116 Å². The topological polar surface area (TPSA) is 164 Å². The first kappa shape index (κ1) is 14.9. The van der Waals surface area contributed by atoms with Crippen LogP contribution in [0.4, 0.5) is 5.69 Å². The molecule has 21 heavy (non-hydrogen) atoms. The van der Waals surface area contributed by atoms with Crippen LogP contribution in [0.1, 0.15) is 6.23 Å². The minimum absolute atomic E-state index is 0.363. The number of aliphatic hydroxyl groups excluding tert-OH is 2. The molecule has 1 aromatic heterocycles. The molecule has 112 valence electrons. The van der Waals surface area contributed by atoms with Crippen molar-refractivity contribution in [3.05, 3.63) is 49.2 Å². The zero-order valence-electron chi connectivity index (χ0n) is 10.5. The van der Waals surface area contributed by atoms with E-state index in [1.54, 1.807) is 0 Å². The Balaban J connectivity index is 2.43. The third-order valence-electron chi connectivity index (χ3n) is 3.11. The molecule has 1 aliphatic heterocycles. The van der Waals surface area contributed by atoms with Gasteiger partial charge in [-0.3, -0.25) is 19.5 Å². The molecule has 0 radical (unpaired) electrons. The van der Waals surface area contributed by atoms with Gasteiger partial charge >= 0.3 is 0 Å². The van der Waals surface area contributed by atoms with Crippen molar-refractivity contribution in [2.24, 2.45) is 5.11 Å². The monoisotopic (exact) mass is 297 g/mol. The molecule has 1 saturated heterocycles. The zero-order chi connectivity index (χ0) is 15.6. The van der Waals surface area contributed by atoms with Crippen molar-refractivity contribution in [1.82, 2.24) is 4.57 Å². The molecule has 1 unspecified atom stereocenters. The highest BCUT2D eigenvalue weighted by Gasteiger charge is 2.44. The van der Waals surface area contributed by atoms with Crippen molar-refractivity contribution in [3.63, 3.8) is 0 Å². The molecule has 0 aromatic carbocycles. The van der Waals surface area contributed by atoms with E-state index >= 15 is 0 Å². The van der Waals surface area contributed by atoms with Gasteiger partial charge in [0.25, 0.3) is 11.2 Å². The maximum atomic E-state index is 11.8. The number of aromatic nitrogens is 1. The van der Waals surface area contributed by atoms with E-state index in [0.29, 0.717) is 0 Å². The van der Waals surface area contributed by atoms with E-state index in [1.165, 1.54) is 0 Å². The van der Waals surface area contributed by atoms with Gasteiger partial charge in [0.15, 0.2) is 6.23 Å². The van der Waals surface area contributed by atoms with E-state index in [0.717, 1.165) is 22.9 Å². The van der Waals surface area contributed by atoms with Crippen LogP contribution in [0.25, 0.3) is 10.4 Å². The number of nitro groups is 1. The lowest BCUT2D eigenvalue weighted by molar-refractivity contribution is -0.385. The third-order valence-corrected chi connectivity index (χ3v) is 3.11. The molecule has 4 atom stereocenters. The van der Waals surface area contributed by atoms with Crippen molar-refractivity contribution in [2.45, 2.75) is 24.5 Å². The summed E-state index contributed by atoms with van der Waals surface area (Å²) in [6.45, 7) is -0.541. The Hall–Kier alpha value is -2.46. The second kappa shape index (κ2) is 5.89. The van der Waals surface area contributed by atoms with Crippen LogP contribution in [-0.4, -0.2) is 44.6 Å². The fraction of sp³-hybridized carbons (Fsp3) is 0.500. The van der Waals surface area contributed by atoms with E-state index < -0.39 is 41.6 Å². The summed E-state index contributed by atoms with van der Waals surface area (Å²) in [7, 11) is 0. The molecule has 2 rings (SSSR count). The molecule has 2 N–H and O–H groups in total. The summed E-state index contributed by atoms with van der Waals surface area (Å²) in [5.41, 5.74) is 7.44. The fourth-order valence-corrected chi connectivity index (χ4v) is 2.11. The number of hydrogen-bond acceptors (Lipinski definition) is 7. The van der Waals surface area contributed by atoms with Gasteiger partial charge in [0.1, 0.15) is 6.10 Å². The van der Waals surface area contributed by atoms with Crippen molar-refractivity contribution >= 4 is 5.69 Å². The lowest BCUT2D eigenvalue weighted by Crippen LogP contribution is -2.34. The molecule has 0 amide bonds. The van der Waals surface area contributed by atoms with Crippen LogP contribution in [0.3, 0.4) is 0 Å². The van der Waals surface area contributed by atoms with Crippen LogP contribution in [-0.2, 0) is 4.74 Å². The number of rotatable bonds is 4. The van der Waals surface area contributed by atoms with Crippen LogP contribution in [0, 0.1) is 10.1 Å². The lowest BCUT2D eigenvalue weighted by atomic mass is 10.1. The molecular formula is C10H11N5O6. The Morgan fingerprint density at radius 2 is 2.29 bits per heavy atom. The van der Waals surface area contributed by atoms with E-state index in [4.69, 9.17) is 15.4 Å². The molecule has 0 aliphatic carbocycles. The molecule has 0 bridgehead atoms. The summed E-state index contributed by atoms with van der Waals surface area (Å²) >= 11 is 0. The van der Waals surface area contributed by atoms with Crippen molar-refractivity contribution in [1.29, 1.82) is 0 Å². The number of pyridine rings is 1. The Morgan fingerprint density at radius 3 is 2.86 bits per heavy atom. The second-order valence-electron chi connectivity index (χ2n) is 4.32. The van der Waals surface area contributed by atoms with E-state index in [2.05, 4.69) is 10.0 Å². The highest BCUT2D eigenvalue weighted by molar-refractivity contribution is 5.25. The average Bonchev–Trinajstić information content (AvgIpc) is 2.77. The molecule has 11 heteroatoms. The van der Waals surface area contributed by atoms with Gasteiger partial charge in [-0.25, -0.2) is 0 Å². The normalized spacial score (nSPS) is 28.1. The summed E-state index contributed by atoms with van der Waals surface area (Å²) in [5.74, 6) is 0. The SMILES string of the molecule is [N-]=[N+]=NC1[C@@H](CO)O[C@@H](n2cc([N+](=O)[O-])ccc2=O)[C@H]1O. The van der Waals surface area contributed by atoms with Gasteiger partial charge in [-0.2, -0.15) is 0 Å². The highest BCUT2D eigenvalue weighted by atomic mass is 16.6. The Morgan fingerprint density at radius 1 is 1.57 bits per heavy atom. The van der Waals surface area contributed by atoms with Gasteiger partial charge in [-0.05, 0) is 5.53 Å². The van der Waals surface area contributed by atoms with Crippen LogP contribution < -0.4 is 5.56 Å². The van der Waals surface area contributed by atoms with Crippen LogP contribution >= 0.6 is 0 Å². The van der Waals surface area contributed by atoms with E-state index in [1.807, 2.05) is 0 Å². The number of ether oxygens (including phenoxy) is 1. The summed E-state index contributed by atoms with van der Waals surface area (Å²) in [6, 6.07) is 0.883. The lowest BCUT2D eigenvalue weighted by Gasteiger charge is -2.17. The fourth-order valence-electron chi connectivity index (χ4n) is 2.11. The maximum absolute atomic E-state index is 11.8. The predicted octanol–water partition coefficient (Wildman–Crippen LogP) is -0.314. The van der Waals surface area contributed by atoms with Gasteiger partial charge < -0.3 is 14.9 Å². The van der Waals surface area contributed by atoms with Crippen molar-refractivity contribution in [2.75, 3.05) is 6.61 Å². The van der Waals surface area contributed by atoms with Gasteiger partial charge in [-0.15, -0.1) is 0 Å². The smallest absolute Gasteiger partial charge is 0.285 e. The van der Waals surface area contributed by atoms with Crippen LogP contribution in [0.5, 0.6) is 0 Å². The highest BCUT2D eigenvalue weighted by Crippen LogP contribution is 2.31. The van der Waals surface area contributed by atoms with Crippen molar-refractivity contribution in [3.8, 4) is 0 Å². The van der Waals surface area contributed by atoms with Gasteiger partial charge in [0.05, 0.1) is 29.9 Å². The molecule has 0 saturated carbocycles. The average molecular weight is 297 g/mol. The molecule has 0 spiro atoms. The Bertz CT molecular complexity index is 654. The largest absolute Gasteiger partial charge is 0.394 e. The number of aliphatic hydroxyl groups is 2. The standard InChI is InChI=1S/C10H11N5O6/c11-13-12-8-6(4-16)21-10(9(8)18)14-3-5(15(19)20)1-2-7(14)17/h1-3,6,8-10,16,18H,4H2/t6-,8?,9+,10-/m1/s1. The molecule has 2 heterocycles. The summed E-state index contributed by atoms with van der Waals surface area (Å²) in [5, 5.41) is 33.2. The van der Waals surface area contributed by atoms with E-state index in [-0.39, 0.29) is 5.69 Å². The van der Waals surface area contributed by atoms with Crippen molar-refractivity contribution < 1.29 is 19.9 Å². The van der Waals surface area contributed by atoms with Gasteiger partial charge in [0, 0.05) is 17.0 Å². The van der Waals surface area contributed by atoms with E-state index in [9.17, 15) is 20.0 Å². The summed E-state index contributed by atoms with van der Waals surface area (Å²) in [4.78, 5) is 24.3. The molecule has 1 aromatic rings. The van der Waals surface area contributed by atoms with Gasteiger partial charge in [0.2, 0.25) is 0 Å². The predicted molar refractivity (Wildman–Crippen MR) is 67.3 cm³/mol. The first-order valence-electron chi connectivity index (χ1n) is 5.84. The van der Waals surface area contributed by atoms with Crippen LogP contribution in [0.15, 0.2) is 28.2 Å². The van der Waals surface area contributed by atoms with Crippen LogP contribution in [0.2, 0.25) is 0 Å². The minimum Gasteiger partial charge on any atom is -0.394 e. The first-order chi connectivity index (χ1) is 9.99. The Kier molecular flexibility index (Phi) is 4.19. The molecular weight excluding hydrogens is 286 g/mol.